The number of benzene rings is 1. The first-order valence-corrected chi connectivity index (χ1v) is 4.85. The first-order chi connectivity index (χ1) is 7.56. The summed E-state index contributed by atoms with van der Waals surface area (Å²) in [5.74, 6) is -1.67. The Balaban J connectivity index is 2.74. The summed E-state index contributed by atoms with van der Waals surface area (Å²) in [6, 6.07) is 1.97. The van der Waals surface area contributed by atoms with E-state index in [-0.39, 0.29) is 5.69 Å². The highest BCUT2D eigenvalue weighted by Gasteiger charge is 2.12. The zero-order valence-corrected chi connectivity index (χ0v) is 8.82. The Morgan fingerprint density at radius 2 is 1.94 bits per heavy atom. The first kappa shape index (κ1) is 12.0. The summed E-state index contributed by atoms with van der Waals surface area (Å²) in [4.78, 5) is 11.2. The third-order valence-electron chi connectivity index (χ3n) is 1.91. The molecule has 0 aliphatic rings. The lowest BCUT2D eigenvalue weighted by atomic mass is 10.2. The van der Waals surface area contributed by atoms with Crippen molar-refractivity contribution in [3.63, 3.8) is 0 Å². The SMILES string of the molecule is CCCNC(=O)Nc1ccc(O)c(O)c1O. The number of carbonyl (C=O) groups is 1. The number of urea groups is 1. The van der Waals surface area contributed by atoms with E-state index in [0.29, 0.717) is 6.54 Å². The van der Waals surface area contributed by atoms with Gasteiger partial charge in [-0.1, -0.05) is 6.92 Å². The van der Waals surface area contributed by atoms with Crippen LogP contribution in [0.4, 0.5) is 10.5 Å². The summed E-state index contributed by atoms with van der Waals surface area (Å²) in [6.45, 7) is 2.42. The molecule has 0 saturated heterocycles. The van der Waals surface area contributed by atoms with Crippen molar-refractivity contribution in [3.8, 4) is 17.2 Å². The van der Waals surface area contributed by atoms with Gasteiger partial charge in [-0.3, -0.25) is 0 Å². The normalized spacial score (nSPS) is 9.81. The molecule has 0 fully saturated rings. The number of phenols is 3. The van der Waals surface area contributed by atoms with Gasteiger partial charge in [0, 0.05) is 6.54 Å². The Hall–Kier alpha value is -2.11. The van der Waals surface area contributed by atoms with Gasteiger partial charge in [-0.15, -0.1) is 0 Å². The fraction of sp³-hybridized carbons (Fsp3) is 0.300. The molecular weight excluding hydrogens is 212 g/mol. The maximum absolute atomic E-state index is 11.2. The van der Waals surface area contributed by atoms with Gasteiger partial charge in [0.05, 0.1) is 5.69 Å². The zero-order valence-electron chi connectivity index (χ0n) is 8.82. The molecule has 0 unspecified atom stereocenters. The van der Waals surface area contributed by atoms with Crippen LogP contribution in [-0.4, -0.2) is 27.9 Å². The molecule has 0 spiro atoms. The van der Waals surface area contributed by atoms with Gasteiger partial charge < -0.3 is 26.0 Å². The van der Waals surface area contributed by atoms with Gasteiger partial charge in [-0.25, -0.2) is 4.79 Å². The van der Waals surface area contributed by atoms with E-state index in [1.807, 2.05) is 6.92 Å². The molecule has 0 saturated carbocycles. The second-order valence-electron chi connectivity index (χ2n) is 3.21. The molecule has 1 aromatic carbocycles. The van der Waals surface area contributed by atoms with Crippen LogP contribution in [-0.2, 0) is 0 Å². The van der Waals surface area contributed by atoms with Crippen molar-refractivity contribution in [2.45, 2.75) is 13.3 Å². The molecule has 1 aromatic rings. The lowest BCUT2D eigenvalue weighted by Gasteiger charge is -2.09. The topological polar surface area (TPSA) is 102 Å². The highest BCUT2D eigenvalue weighted by Crippen LogP contribution is 2.39. The first-order valence-electron chi connectivity index (χ1n) is 4.85. The molecular formula is C10H14N2O4. The molecule has 5 N–H and O–H groups in total. The maximum atomic E-state index is 11.2. The van der Waals surface area contributed by atoms with E-state index in [2.05, 4.69) is 10.6 Å². The van der Waals surface area contributed by atoms with Crippen LogP contribution in [0.3, 0.4) is 0 Å². The van der Waals surface area contributed by atoms with Crippen molar-refractivity contribution in [2.75, 3.05) is 11.9 Å². The predicted octanol–water partition coefficient (Wildman–Crippen LogP) is 1.33. The van der Waals surface area contributed by atoms with Crippen LogP contribution in [0.1, 0.15) is 13.3 Å². The molecule has 1 rings (SSSR count). The van der Waals surface area contributed by atoms with Crippen LogP contribution in [0.25, 0.3) is 0 Å². The molecule has 0 bridgehead atoms. The smallest absolute Gasteiger partial charge is 0.319 e. The highest BCUT2D eigenvalue weighted by molar-refractivity contribution is 5.91. The fourth-order valence-corrected chi connectivity index (χ4v) is 1.07. The second kappa shape index (κ2) is 5.11. The number of amides is 2. The van der Waals surface area contributed by atoms with Crippen LogP contribution in [0, 0.1) is 0 Å². The van der Waals surface area contributed by atoms with E-state index >= 15 is 0 Å². The number of rotatable bonds is 3. The van der Waals surface area contributed by atoms with Crippen molar-refractivity contribution < 1.29 is 20.1 Å². The monoisotopic (exact) mass is 226 g/mol. The number of nitrogens with one attached hydrogen (secondary N) is 2. The molecule has 2 amide bonds. The Morgan fingerprint density at radius 3 is 2.56 bits per heavy atom. The standard InChI is InChI=1S/C10H14N2O4/c1-2-5-11-10(16)12-6-3-4-7(13)9(15)8(6)14/h3-4,13-15H,2,5H2,1H3,(H2,11,12,16). The number of carbonyl (C=O) groups excluding carboxylic acids is 1. The second-order valence-corrected chi connectivity index (χ2v) is 3.21. The minimum atomic E-state index is -0.659. The predicted molar refractivity (Wildman–Crippen MR) is 58.7 cm³/mol. The molecule has 0 aliphatic carbocycles. The maximum Gasteiger partial charge on any atom is 0.319 e. The van der Waals surface area contributed by atoms with Gasteiger partial charge >= 0.3 is 6.03 Å². The fourth-order valence-electron chi connectivity index (χ4n) is 1.07. The summed E-state index contributed by atoms with van der Waals surface area (Å²) in [6.07, 6.45) is 0.792. The molecule has 0 aromatic heterocycles. The number of hydrogen-bond donors (Lipinski definition) is 5. The Kier molecular flexibility index (Phi) is 3.82. The Labute approximate surface area is 92.5 Å². The van der Waals surface area contributed by atoms with Crippen LogP contribution >= 0.6 is 0 Å². The van der Waals surface area contributed by atoms with Crippen molar-refractivity contribution in [1.82, 2.24) is 5.32 Å². The number of anilines is 1. The average molecular weight is 226 g/mol. The number of aromatic hydroxyl groups is 3. The molecule has 0 atom stereocenters. The summed E-state index contributed by atoms with van der Waals surface area (Å²) in [7, 11) is 0. The van der Waals surface area contributed by atoms with E-state index in [1.165, 1.54) is 12.1 Å². The third-order valence-corrected chi connectivity index (χ3v) is 1.91. The van der Waals surface area contributed by atoms with Gasteiger partial charge in [0.1, 0.15) is 0 Å². The van der Waals surface area contributed by atoms with E-state index in [9.17, 15) is 15.0 Å². The molecule has 88 valence electrons. The lowest BCUT2D eigenvalue weighted by molar-refractivity contribution is 0.252. The van der Waals surface area contributed by atoms with Crippen LogP contribution in [0.5, 0.6) is 17.2 Å². The molecule has 6 nitrogen and oxygen atoms in total. The van der Waals surface area contributed by atoms with Gasteiger partial charge in [-0.05, 0) is 18.6 Å². The lowest BCUT2D eigenvalue weighted by Crippen LogP contribution is -2.29. The summed E-state index contributed by atoms with van der Waals surface area (Å²) in [5, 5.41) is 32.5. The van der Waals surface area contributed by atoms with Crippen molar-refractivity contribution in [3.05, 3.63) is 12.1 Å². The van der Waals surface area contributed by atoms with Crippen molar-refractivity contribution in [2.24, 2.45) is 0 Å². The highest BCUT2D eigenvalue weighted by atomic mass is 16.3. The quantitative estimate of drug-likeness (QED) is 0.396. The Bertz CT molecular complexity index is 393. The summed E-state index contributed by atoms with van der Waals surface area (Å²) in [5.41, 5.74) is 0.0314. The molecule has 0 heterocycles. The van der Waals surface area contributed by atoms with E-state index in [0.717, 1.165) is 6.42 Å². The largest absolute Gasteiger partial charge is 0.504 e. The molecule has 0 radical (unpaired) electrons. The number of hydrogen-bond acceptors (Lipinski definition) is 4. The minimum absolute atomic E-state index is 0.0314. The molecule has 6 heteroatoms. The van der Waals surface area contributed by atoms with Crippen molar-refractivity contribution >= 4 is 11.7 Å². The van der Waals surface area contributed by atoms with Crippen LogP contribution in [0.2, 0.25) is 0 Å². The Morgan fingerprint density at radius 1 is 1.25 bits per heavy atom. The summed E-state index contributed by atoms with van der Waals surface area (Å²) < 4.78 is 0. The van der Waals surface area contributed by atoms with E-state index in [1.54, 1.807) is 0 Å². The van der Waals surface area contributed by atoms with Crippen LogP contribution < -0.4 is 10.6 Å². The van der Waals surface area contributed by atoms with Gasteiger partial charge in [0.25, 0.3) is 0 Å². The van der Waals surface area contributed by atoms with E-state index < -0.39 is 23.3 Å². The average Bonchev–Trinajstić information content (AvgIpc) is 2.27. The number of phenolic OH excluding ortho intramolecular Hbond substituents is 3. The van der Waals surface area contributed by atoms with Gasteiger partial charge in [-0.2, -0.15) is 0 Å². The van der Waals surface area contributed by atoms with Crippen molar-refractivity contribution in [1.29, 1.82) is 0 Å². The zero-order chi connectivity index (χ0) is 12.1. The van der Waals surface area contributed by atoms with Gasteiger partial charge in [0.15, 0.2) is 11.5 Å². The summed E-state index contributed by atoms with van der Waals surface area (Å²) >= 11 is 0. The minimum Gasteiger partial charge on any atom is -0.504 e. The van der Waals surface area contributed by atoms with E-state index in [4.69, 9.17) is 5.11 Å². The third kappa shape index (κ3) is 2.69. The van der Waals surface area contributed by atoms with Gasteiger partial charge in [0.2, 0.25) is 5.75 Å². The molecule has 16 heavy (non-hydrogen) atoms. The van der Waals surface area contributed by atoms with Crippen LogP contribution in [0.15, 0.2) is 12.1 Å². The molecule has 0 aliphatic heterocycles.